The quantitative estimate of drug-likeness (QED) is 0.356. The molecule has 0 atom stereocenters. The van der Waals surface area contributed by atoms with Gasteiger partial charge in [-0.05, 0) is 18.2 Å². The van der Waals surface area contributed by atoms with Gasteiger partial charge in [-0.15, -0.1) is 0 Å². The Hall–Kier alpha value is -2.18. The summed E-state index contributed by atoms with van der Waals surface area (Å²) in [5.41, 5.74) is -2.42. The van der Waals surface area contributed by atoms with Crippen LogP contribution in [0.4, 0.5) is 18.9 Å². The fourth-order valence-electron chi connectivity index (χ4n) is 1.18. The third-order valence-corrected chi connectivity index (χ3v) is 1.97. The van der Waals surface area contributed by atoms with Crippen LogP contribution in [0.25, 0.3) is 0 Å². The van der Waals surface area contributed by atoms with Crippen LogP contribution >= 0.6 is 0 Å². The molecule has 1 aromatic carbocycles. The number of allylic oxidation sites excluding steroid dienone is 1. The zero-order valence-electron chi connectivity index (χ0n) is 8.32. The molecule has 1 rings (SSSR count). The molecule has 0 saturated carbocycles. The number of hydrogen-bond donors (Lipinski definition) is 0. The summed E-state index contributed by atoms with van der Waals surface area (Å²) in [4.78, 5) is 20.8. The predicted molar refractivity (Wildman–Crippen MR) is 52.6 cm³/mol. The van der Waals surface area contributed by atoms with Crippen molar-refractivity contribution in [1.82, 2.24) is 0 Å². The van der Waals surface area contributed by atoms with Crippen LogP contribution in [0.1, 0.15) is 15.9 Å². The summed E-state index contributed by atoms with van der Waals surface area (Å²) in [6.45, 7) is 3.08. The van der Waals surface area contributed by atoms with Crippen LogP contribution < -0.4 is 0 Å². The number of nitrogens with zero attached hydrogens (tertiary/aromatic N) is 1. The molecule has 0 fully saturated rings. The predicted octanol–water partition coefficient (Wildman–Crippen LogP) is 2.98. The normalized spacial score (nSPS) is 11.0. The summed E-state index contributed by atoms with van der Waals surface area (Å²) < 4.78 is 37.1. The Morgan fingerprint density at radius 1 is 1.41 bits per heavy atom. The molecule has 17 heavy (non-hydrogen) atoms. The highest BCUT2D eigenvalue weighted by molar-refractivity contribution is 6.07. The van der Waals surface area contributed by atoms with Crippen molar-refractivity contribution in [1.29, 1.82) is 0 Å². The number of benzene rings is 1. The van der Waals surface area contributed by atoms with Gasteiger partial charge in [0.05, 0.1) is 10.5 Å². The van der Waals surface area contributed by atoms with Gasteiger partial charge in [-0.25, -0.2) is 0 Å². The number of nitro benzene ring substituents is 1. The van der Waals surface area contributed by atoms with Crippen LogP contribution in [0.15, 0.2) is 30.9 Å². The Morgan fingerprint density at radius 3 is 2.41 bits per heavy atom. The molecular formula is C10H6F3NO3. The molecule has 0 N–H and O–H groups in total. The summed E-state index contributed by atoms with van der Waals surface area (Å²) in [5, 5.41) is 10.5. The van der Waals surface area contributed by atoms with Gasteiger partial charge in [-0.1, -0.05) is 6.58 Å². The van der Waals surface area contributed by atoms with Crippen molar-refractivity contribution in [2.45, 2.75) is 6.18 Å². The van der Waals surface area contributed by atoms with Gasteiger partial charge in [0.1, 0.15) is 5.56 Å². The number of nitro groups is 1. The maximum atomic E-state index is 12.4. The monoisotopic (exact) mass is 245 g/mol. The number of alkyl halides is 3. The van der Waals surface area contributed by atoms with E-state index in [1.165, 1.54) is 0 Å². The van der Waals surface area contributed by atoms with Crippen LogP contribution in [0.2, 0.25) is 0 Å². The second-order valence-corrected chi connectivity index (χ2v) is 3.06. The Labute approximate surface area is 93.5 Å². The first kappa shape index (κ1) is 12.9. The molecule has 0 spiro atoms. The third-order valence-electron chi connectivity index (χ3n) is 1.97. The van der Waals surface area contributed by atoms with Crippen molar-refractivity contribution >= 4 is 11.5 Å². The van der Waals surface area contributed by atoms with E-state index in [-0.39, 0.29) is 0 Å². The van der Waals surface area contributed by atoms with Crippen molar-refractivity contribution in [3.63, 3.8) is 0 Å². The van der Waals surface area contributed by atoms with Crippen LogP contribution in [-0.2, 0) is 6.18 Å². The SMILES string of the molecule is C=CC(=O)c1cc(C(F)(F)F)ccc1[N+](=O)[O-]. The molecule has 0 aliphatic rings. The molecule has 0 heterocycles. The zero-order valence-corrected chi connectivity index (χ0v) is 8.32. The molecule has 4 nitrogen and oxygen atoms in total. The van der Waals surface area contributed by atoms with Gasteiger partial charge in [-0.2, -0.15) is 13.2 Å². The second-order valence-electron chi connectivity index (χ2n) is 3.06. The fourth-order valence-corrected chi connectivity index (χ4v) is 1.18. The van der Waals surface area contributed by atoms with Gasteiger partial charge in [0.2, 0.25) is 0 Å². The van der Waals surface area contributed by atoms with Gasteiger partial charge in [0.25, 0.3) is 5.69 Å². The van der Waals surface area contributed by atoms with E-state index in [1.807, 2.05) is 0 Å². The Bertz CT molecular complexity index is 494. The average molecular weight is 245 g/mol. The lowest BCUT2D eigenvalue weighted by molar-refractivity contribution is -0.385. The number of hydrogen-bond acceptors (Lipinski definition) is 3. The summed E-state index contributed by atoms with van der Waals surface area (Å²) in [6, 6.07) is 1.65. The van der Waals surface area contributed by atoms with Crippen molar-refractivity contribution < 1.29 is 22.9 Å². The molecular weight excluding hydrogens is 239 g/mol. The molecule has 1 aromatic rings. The number of rotatable bonds is 3. The van der Waals surface area contributed by atoms with E-state index in [4.69, 9.17) is 0 Å². The minimum Gasteiger partial charge on any atom is -0.289 e. The number of ketones is 1. The van der Waals surface area contributed by atoms with Gasteiger partial charge in [0.15, 0.2) is 5.78 Å². The fraction of sp³-hybridized carbons (Fsp3) is 0.100. The van der Waals surface area contributed by atoms with Gasteiger partial charge < -0.3 is 0 Å². The molecule has 0 aliphatic carbocycles. The molecule has 0 saturated heterocycles. The second kappa shape index (κ2) is 4.36. The third kappa shape index (κ3) is 2.68. The standard InChI is InChI=1S/C10H6F3NO3/c1-2-9(15)7-5-6(10(11,12)13)3-4-8(7)14(16)17/h2-5H,1H2. The maximum absolute atomic E-state index is 12.4. The lowest BCUT2D eigenvalue weighted by Gasteiger charge is -2.07. The van der Waals surface area contributed by atoms with E-state index in [0.717, 1.165) is 6.08 Å². The zero-order chi connectivity index (χ0) is 13.2. The Morgan fingerprint density at radius 2 is 2.00 bits per heavy atom. The topological polar surface area (TPSA) is 60.2 Å². The summed E-state index contributed by atoms with van der Waals surface area (Å²) >= 11 is 0. The molecule has 0 aliphatic heterocycles. The lowest BCUT2D eigenvalue weighted by Crippen LogP contribution is -2.08. The first-order chi connectivity index (χ1) is 7.77. The van der Waals surface area contributed by atoms with E-state index >= 15 is 0 Å². The van der Waals surface area contributed by atoms with E-state index in [9.17, 15) is 28.1 Å². The molecule has 0 unspecified atom stereocenters. The van der Waals surface area contributed by atoms with Crippen molar-refractivity contribution in [2.24, 2.45) is 0 Å². The summed E-state index contributed by atoms with van der Waals surface area (Å²) in [6.07, 6.45) is -3.94. The van der Waals surface area contributed by atoms with Gasteiger partial charge >= 0.3 is 6.18 Å². The highest BCUT2D eigenvalue weighted by Crippen LogP contribution is 2.32. The Kier molecular flexibility index (Phi) is 3.31. The lowest BCUT2D eigenvalue weighted by atomic mass is 10.0. The minimum absolute atomic E-state index is 0.447. The van der Waals surface area contributed by atoms with Crippen molar-refractivity contribution in [2.75, 3.05) is 0 Å². The highest BCUT2D eigenvalue weighted by atomic mass is 19.4. The molecule has 0 amide bonds. The van der Waals surface area contributed by atoms with Crippen molar-refractivity contribution in [3.8, 4) is 0 Å². The summed E-state index contributed by atoms with van der Waals surface area (Å²) in [5.74, 6) is -0.928. The van der Waals surface area contributed by atoms with Crippen molar-refractivity contribution in [3.05, 3.63) is 52.1 Å². The molecule has 0 aromatic heterocycles. The maximum Gasteiger partial charge on any atom is 0.416 e. The number of carbonyl (C=O) groups excluding carboxylic acids is 1. The number of halogens is 3. The van der Waals surface area contributed by atoms with Gasteiger partial charge in [-0.3, -0.25) is 14.9 Å². The van der Waals surface area contributed by atoms with Crippen LogP contribution in [0.5, 0.6) is 0 Å². The smallest absolute Gasteiger partial charge is 0.289 e. The van der Waals surface area contributed by atoms with Gasteiger partial charge in [0, 0.05) is 6.07 Å². The van der Waals surface area contributed by atoms with E-state index in [1.54, 1.807) is 0 Å². The first-order valence-corrected chi connectivity index (χ1v) is 4.29. The molecule has 7 heteroatoms. The van der Waals surface area contributed by atoms with E-state index in [2.05, 4.69) is 6.58 Å². The van der Waals surface area contributed by atoms with Crippen LogP contribution in [0, 0.1) is 10.1 Å². The molecule has 0 bridgehead atoms. The minimum atomic E-state index is -4.66. The Balaban J connectivity index is 3.44. The van der Waals surface area contributed by atoms with E-state index < -0.39 is 33.7 Å². The molecule has 0 radical (unpaired) electrons. The first-order valence-electron chi connectivity index (χ1n) is 4.29. The summed E-state index contributed by atoms with van der Waals surface area (Å²) in [7, 11) is 0. The largest absolute Gasteiger partial charge is 0.416 e. The molecule has 90 valence electrons. The number of carbonyl (C=O) groups is 1. The van der Waals surface area contributed by atoms with E-state index in [0.29, 0.717) is 18.2 Å². The highest BCUT2D eigenvalue weighted by Gasteiger charge is 2.33. The average Bonchev–Trinajstić information content (AvgIpc) is 2.25. The van der Waals surface area contributed by atoms with Crippen LogP contribution in [0.3, 0.4) is 0 Å². The van der Waals surface area contributed by atoms with Crippen LogP contribution in [-0.4, -0.2) is 10.7 Å².